The summed E-state index contributed by atoms with van der Waals surface area (Å²) in [5.41, 5.74) is 3.08. The van der Waals surface area contributed by atoms with Crippen LogP contribution in [0.4, 0.5) is 18.9 Å². The van der Waals surface area contributed by atoms with Gasteiger partial charge in [-0.2, -0.15) is 13.2 Å². The number of benzene rings is 1. The van der Waals surface area contributed by atoms with Crippen molar-refractivity contribution in [2.75, 3.05) is 18.7 Å². The molecular weight excluding hydrogens is 411 g/mol. The van der Waals surface area contributed by atoms with Gasteiger partial charge >= 0.3 is 6.68 Å². The van der Waals surface area contributed by atoms with E-state index in [1.165, 1.54) is 18.4 Å². The molecule has 1 aromatic heterocycles. The first-order valence-corrected chi connectivity index (χ1v) is 10.3. The van der Waals surface area contributed by atoms with Gasteiger partial charge in [0.15, 0.2) is 11.5 Å². The van der Waals surface area contributed by atoms with Gasteiger partial charge in [-0.1, -0.05) is 12.1 Å². The molecule has 0 bridgehead atoms. The number of nitrogens with one attached hydrogen (secondary N) is 1. The first-order chi connectivity index (χ1) is 15.0. The number of fused-ring (bicyclic) bond motifs is 1. The van der Waals surface area contributed by atoms with E-state index in [9.17, 15) is 18.0 Å². The van der Waals surface area contributed by atoms with Crippen molar-refractivity contribution < 1.29 is 27.4 Å². The highest BCUT2D eigenvalue weighted by atomic mass is 19.4. The topological polar surface area (TPSA) is 63.7 Å². The van der Waals surface area contributed by atoms with Crippen LogP contribution in [0.2, 0.25) is 0 Å². The zero-order chi connectivity index (χ0) is 21.8. The lowest BCUT2D eigenvalue weighted by atomic mass is 10.1. The second-order valence-corrected chi connectivity index (χ2v) is 7.75. The molecule has 1 aromatic carbocycles. The van der Waals surface area contributed by atoms with Crippen LogP contribution in [0, 0.1) is 0 Å². The van der Waals surface area contributed by atoms with Crippen LogP contribution >= 0.6 is 0 Å². The third-order valence-electron chi connectivity index (χ3n) is 5.61. The molecule has 166 valence electrons. The number of amides is 1. The Bertz CT molecular complexity index is 904. The molecule has 2 aromatic rings. The SMILES string of the molecule is FC(F)F.O=C(Nc1ccc(C2CC2)cc1)C1CCCN1Cc1nccc2c1OCO2. The summed E-state index contributed by atoms with van der Waals surface area (Å²) in [4.78, 5) is 19.5. The first-order valence-electron chi connectivity index (χ1n) is 10.3. The average molecular weight is 435 g/mol. The molecule has 1 N–H and O–H groups in total. The van der Waals surface area contributed by atoms with Crippen molar-refractivity contribution in [2.45, 2.75) is 50.9 Å². The van der Waals surface area contributed by atoms with E-state index in [0.29, 0.717) is 12.3 Å². The molecular formula is C22H24F3N3O3. The molecule has 1 atom stereocenters. The number of hydrogen-bond donors (Lipinski definition) is 1. The van der Waals surface area contributed by atoms with Crippen LogP contribution in [-0.2, 0) is 11.3 Å². The fourth-order valence-electron chi connectivity index (χ4n) is 3.99. The minimum atomic E-state index is -3.67. The smallest absolute Gasteiger partial charge is 0.379 e. The molecule has 9 heteroatoms. The number of carbonyl (C=O) groups is 1. The highest BCUT2D eigenvalue weighted by Crippen LogP contribution is 2.40. The Morgan fingerprint density at radius 1 is 1.13 bits per heavy atom. The average Bonchev–Trinajstić information content (AvgIpc) is 3.28. The van der Waals surface area contributed by atoms with Crippen LogP contribution in [-0.4, -0.2) is 41.8 Å². The highest BCUT2D eigenvalue weighted by Gasteiger charge is 2.32. The van der Waals surface area contributed by atoms with Gasteiger partial charge in [0.1, 0.15) is 5.69 Å². The van der Waals surface area contributed by atoms with E-state index in [-0.39, 0.29) is 18.7 Å². The third kappa shape index (κ3) is 5.46. The fourth-order valence-corrected chi connectivity index (χ4v) is 3.99. The van der Waals surface area contributed by atoms with E-state index < -0.39 is 6.68 Å². The molecule has 2 aliphatic heterocycles. The van der Waals surface area contributed by atoms with Gasteiger partial charge in [0.05, 0.1) is 6.04 Å². The normalized spacial score (nSPS) is 19.8. The maximum Gasteiger partial charge on any atom is 0.379 e. The number of halogens is 3. The largest absolute Gasteiger partial charge is 0.453 e. The van der Waals surface area contributed by atoms with E-state index in [2.05, 4.69) is 27.3 Å². The lowest BCUT2D eigenvalue weighted by Crippen LogP contribution is -2.39. The molecule has 3 aliphatic rings. The molecule has 3 heterocycles. The van der Waals surface area contributed by atoms with Gasteiger partial charge in [-0.05, 0) is 55.8 Å². The number of rotatable bonds is 5. The van der Waals surface area contributed by atoms with Gasteiger partial charge in [0.25, 0.3) is 0 Å². The van der Waals surface area contributed by atoms with E-state index >= 15 is 0 Å². The van der Waals surface area contributed by atoms with Crippen molar-refractivity contribution in [3.05, 3.63) is 47.8 Å². The van der Waals surface area contributed by atoms with Crippen LogP contribution in [0.15, 0.2) is 36.5 Å². The van der Waals surface area contributed by atoms with E-state index in [1.54, 1.807) is 6.20 Å². The molecule has 1 saturated heterocycles. The zero-order valence-corrected chi connectivity index (χ0v) is 16.9. The summed E-state index contributed by atoms with van der Waals surface area (Å²) in [5, 5.41) is 3.08. The number of aromatic nitrogens is 1. The van der Waals surface area contributed by atoms with Crippen LogP contribution in [0.3, 0.4) is 0 Å². The Hall–Kier alpha value is -2.81. The van der Waals surface area contributed by atoms with E-state index in [4.69, 9.17) is 9.47 Å². The predicted molar refractivity (Wildman–Crippen MR) is 108 cm³/mol. The van der Waals surface area contributed by atoms with Crippen molar-refractivity contribution in [3.8, 4) is 11.5 Å². The number of alkyl halides is 3. The Labute approximate surface area is 178 Å². The maximum atomic E-state index is 12.9. The van der Waals surface area contributed by atoms with E-state index in [0.717, 1.165) is 42.4 Å². The molecule has 1 saturated carbocycles. The summed E-state index contributed by atoms with van der Waals surface area (Å²) in [6.45, 7) is -1.97. The Morgan fingerprint density at radius 2 is 1.87 bits per heavy atom. The van der Waals surface area contributed by atoms with Crippen LogP contribution in [0.1, 0.15) is 42.9 Å². The van der Waals surface area contributed by atoms with Gasteiger partial charge in [-0.3, -0.25) is 14.7 Å². The first kappa shape index (κ1) is 21.4. The van der Waals surface area contributed by atoms with Gasteiger partial charge in [-0.15, -0.1) is 0 Å². The Morgan fingerprint density at radius 3 is 2.58 bits per heavy atom. The summed E-state index contributed by atoms with van der Waals surface area (Å²) < 4.78 is 40.0. The molecule has 1 amide bonds. The van der Waals surface area contributed by atoms with Crippen LogP contribution in [0.25, 0.3) is 0 Å². The molecule has 1 unspecified atom stereocenters. The van der Waals surface area contributed by atoms with Crippen LogP contribution < -0.4 is 14.8 Å². The Kier molecular flexibility index (Phi) is 6.60. The lowest BCUT2D eigenvalue weighted by Gasteiger charge is -2.23. The number of carbonyl (C=O) groups excluding carboxylic acids is 1. The minimum Gasteiger partial charge on any atom is -0.453 e. The monoisotopic (exact) mass is 435 g/mol. The molecule has 1 aliphatic carbocycles. The number of anilines is 1. The summed E-state index contributed by atoms with van der Waals surface area (Å²) in [7, 11) is 0. The number of likely N-dealkylation sites (tertiary alicyclic amines) is 1. The van der Waals surface area contributed by atoms with E-state index in [1.807, 2.05) is 18.2 Å². The molecule has 2 fully saturated rings. The number of ether oxygens (including phenoxy) is 2. The standard InChI is InChI=1S/C21H23N3O3.CHF3/c25-21(23-16-7-5-15(6-8-16)14-3-4-14)18-2-1-11-24(18)12-17-20-19(9-10-22-17)26-13-27-20;2-1(3)4/h5-10,14,18H,1-4,11-13H2,(H,23,25);1H. The number of pyridine rings is 1. The van der Waals surface area contributed by atoms with Gasteiger partial charge in [0.2, 0.25) is 12.7 Å². The summed E-state index contributed by atoms with van der Waals surface area (Å²) in [6.07, 6.45) is 6.17. The highest BCUT2D eigenvalue weighted by molar-refractivity contribution is 5.95. The maximum absolute atomic E-state index is 12.9. The Balaban J connectivity index is 0.000000535. The molecule has 6 nitrogen and oxygen atoms in total. The second-order valence-electron chi connectivity index (χ2n) is 7.75. The summed E-state index contributed by atoms with van der Waals surface area (Å²) in [6, 6.07) is 9.96. The quantitative estimate of drug-likeness (QED) is 0.751. The molecule has 5 rings (SSSR count). The molecule has 31 heavy (non-hydrogen) atoms. The predicted octanol–water partition coefficient (Wildman–Crippen LogP) is 4.47. The van der Waals surface area contributed by atoms with Crippen molar-refractivity contribution in [1.82, 2.24) is 9.88 Å². The third-order valence-corrected chi connectivity index (χ3v) is 5.61. The second kappa shape index (κ2) is 9.55. The summed E-state index contributed by atoms with van der Waals surface area (Å²) >= 11 is 0. The van der Waals surface area contributed by atoms with Gasteiger partial charge in [-0.25, -0.2) is 0 Å². The lowest BCUT2D eigenvalue weighted by molar-refractivity contribution is -0.120. The zero-order valence-electron chi connectivity index (χ0n) is 16.9. The van der Waals surface area contributed by atoms with Crippen molar-refractivity contribution in [3.63, 3.8) is 0 Å². The molecule has 0 spiro atoms. The van der Waals surface area contributed by atoms with Crippen LogP contribution in [0.5, 0.6) is 11.5 Å². The number of nitrogens with zero attached hydrogens (tertiary/aromatic N) is 2. The van der Waals surface area contributed by atoms with Crippen molar-refractivity contribution >= 4 is 11.6 Å². The van der Waals surface area contributed by atoms with Gasteiger partial charge < -0.3 is 14.8 Å². The number of hydrogen-bond acceptors (Lipinski definition) is 5. The summed E-state index contributed by atoms with van der Waals surface area (Å²) in [5.74, 6) is 2.22. The van der Waals surface area contributed by atoms with Crippen molar-refractivity contribution in [2.24, 2.45) is 0 Å². The fraction of sp³-hybridized carbons (Fsp3) is 0.455. The minimum absolute atomic E-state index is 0.0522. The molecule has 0 radical (unpaired) electrons. The van der Waals surface area contributed by atoms with Crippen molar-refractivity contribution in [1.29, 1.82) is 0 Å². The van der Waals surface area contributed by atoms with Gasteiger partial charge in [0, 0.05) is 24.5 Å².